The molecule has 1 amide bonds. The molecular formula is C24H33FN6O. The number of aromatic nitrogens is 2. The molecular weight excluding hydrogens is 407 g/mol. The van der Waals surface area contributed by atoms with Crippen molar-refractivity contribution < 1.29 is 9.18 Å². The van der Waals surface area contributed by atoms with Gasteiger partial charge in [0.25, 0.3) is 0 Å². The lowest BCUT2D eigenvalue weighted by Gasteiger charge is -2.37. The second-order valence-electron chi connectivity index (χ2n) is 9.34. The fraction of sp³-hybridized carbons (Fsp3) is 0.542. The highest BCUT2D eigenvalue weighted by Crippen LogP contribution is 2.33. The molecule has 7 nitrogen and oxygen atoms in total. The maximum absolute atomic E-state index is 13.1. The second-order valence-corrected chi connectivity index (χ2v) is 9.34. The van der Waals surface area contributed by atoms with Gasteiger partial charge in [-0.05, 0) is 69.6 Å². The van der Waals surface area contributed by atoms with E-state index in [0.717, 1.165) is 57.0 Å². The highest BCUT2D eigenvalue weighted by Gasteiger charge is 2.39. The Bertz CT molecular complexity index is 896. The Morgan fingerprint density at radius 1 is 1.16 bits per heavy atom. The Morgan fingerprint density at radius 3 is 2.44 bits per heavy atom. The van der Waals surface area contributed by atoms with Crippen molar-refractivity contribution in [1.29, 1.82) is 0 Å². The number of amides is 1. The third kappa shape index (κ3) is 5.42. The minimum absolute atomic E-state index is 0.0274. The number of nitrogens with one attached hydrogen (secondary N) is 1. The van der Waals surface area contributed by atoms with Gasteiger partial charge in [-0.25, -0.2) is 14.4 Å². The first-order chi connectivity index (χ1) is 15.4. The number of hydrogen-bond donors (Lipinski definition) is 1. The first-order valence-electron chi connectivity index (χ1n) is 11.4. The molecule has 2 saturated heterocycles. The first-order valence-corrected chi connectivity index (χ1v) is 11.4. The standard InChI is InChI=1S/C24H33FN6O/c1-29(2)24-26-13-17(14-27-24)15-31-10-8-18(9-11-31)22-12-19(16-30(22)3)23(32)28-21-6-4-20(25)5-7-21/h4-7,13-14,18-19,22H,8-12,15-16H2,1-3H3,(H,28,32)/t19-,22+/m0/s1. The van der Waals surface area contributed by atoms with Crippen LogP contribution in [0, 0.1) is 17.7 Å². The molecule has 0 spiro atoms. The summed E-state index contributed by atoms with van der Waals surface area (Å²) in [6.07, 6.45) is 7.00. The van der Waals surface area contributed by atoms with Crippen molar-refractivity contribution in [2.24, 2.45) is 11.8 Å². The smallest absolute Gasteiger partial charge is 0.228 e. The van der Waals surface area contributed by atoms with Crippen LogP contribution in [0.25, 0.3) is 0 Å². The van der Waals surface area contributed by atoms with E-state index in [9.17, 15) is 9.18 Å². The zero-order chi connectivity index (χ0) is 22.7. The predicted molar refractivity (Wildman–Crippen MR) is 124 cm³/mol. The Kier molecular flexibility index (Phi) is 7.01. The van der Waals surface area contributed by atoms with E-state index >= 15 is 0 Å². The van der Waals surface area contributed by atoms with E-state index in [4.69, 9.17) is 0 Å². The number of hydrogen-bond acceptors (Lipinski definition) is 6. The lowest BCUT2D eigenvalue weighted by Crippen LogP contribution is -2.41. The minimum Gasteiger partial charge on any atom is -0.347 e. The molecule has 2 aliphatic rings. The Morgan fingerprint density at radius 2 is 1.81 bits per heavy atom. The van der Waals surface area contributed by atoms with Crippen LogP contribution >= 0.6 is 0 Å². The molecule has 0 saturated carbocycles. The number of benzene rings is 1. The van der Waals surface area contributed by atoms with Crippen LogP contribution in [0.15, 0.2) is 36.7 Å². The molecule has 8 heteroatoms. The summed E-state index contributed by atoms with van der Waals surface area (Å²) in [5.74, 6) is 1.04. The van der Waals surface area contributed by atoms with E-state index in [1.807, 2.05) is 31.4 Å². The van der Waals surface area contributed by atoms with Gasteiger partial charge in [0, 0.05) is 56.9 Å². The Hall–Kier alpha value is -2.58. The average Bonchev–Trinajstić information content (AvgIpc) is 3.18. The van der Waals surface area contributed by atoms with Crippen molar-refractivity contribution in [3.63, 3.8) is 0 Å². The maximum Gasteiger partial charge on any atom is 0.228 e. The molecule has 0 aliphatic carbocycles. The summed E-state index contributed by atoms with van der Waals surface area (Å²) in [6, 6.07) is 6.39. The first kappa shape index (κ1) is 22.6. The topological polar surface area (TPSA) is 64.6 Å². The number of piperidine rings is 1. The van der Waals surface area contributed by atoms with Gasteiger partial charge in [-0.2, -0.15) is 0 Å². The summed E-state index contributed by atoms with van der Waals surface area (Å²) in [5, 5.41) is 2.94. The predicted octanol–water partition coefficient (Wildman–Crippen LogP) is 2.85. The number of carbonyl (C=O) groups is 1. The molecule has 1 aromatic carbocycles. The van der Waals surface area contributed by atoms with E-state index < -0.39 is 0 Å². The van der Waals surface area contributed by atoms with Gasteiger partial charge in [0.2, 0.25) is 11.9 Å². The van der Waals surface area contributed by atoms with Crippen molar-refractivity contribution in [3.05, 3.63) is 48.0 Å². The van der Waals surface area contributed by atoms with E-state index in [1.54, 1.807) is 12.1 Å². The number of likely N-dealkylation sites (tertiary alicyclic amines) is 2. The highest BCUT2D eigenvalue weighted by molar-refractivity contribution is 5.92. The van der Waals surface area contributed by atoms with Crippen molar-refractivity contribution in [2.75, 3.05) is 51.0 Å². The van der Waals surface area contributed by atoms with Crippen LogP contribution in [-0.4, -0.2) is 72.5 Å². The molecule has 1 aromatic heterocycles. The van der Waals surface area contributed by atoms with Crippen LogP contribution in [0.2, 0.25) is 0 Å². The molecule has 0 radical (unpaired) electrons. The van der Waals surface area contributed by atoms with Crippen molar-refractivity contribution in [2.45, 2.75) is 31.8 Å². The van der Waals surface area contributed by atoms with Gasteiger partial charge in [-0.1, -0.05) is 0 Å². The summed E-state index contributed by atoms with van der Waals surface area (Å²) in [5.41, 5.74) is 1.79. The van der Waals surface area contributed by atoms with Gasteiger partial charge >= 0.3 is 0 Å². The summed E-state index contributed by atoms with van der Waals surface area (Å²) in [6.45, 7) is 3.75. The number of halogens is 1. The average molecular weight is 441 g/mol. The van der Waals surface area contributed by atoms with Crippen LogP contribution in [-0.2, 0) is 11.3 Å². The van der Waals surface area contributed by atoms with Crippen LogP contribution in [0.1, 0.15) is 24.8 Å². The largest absolute Gasteiger partial charge is 0.347 e. The highest BCUT2D eigenvalue weighted by atomic mass is 19.1. The van der Waals surface area contributed by atoms with Crippen LogP contribution in [0.5, 0.6) is 0 Å². The summed E-state index contributed by atoms with van der Waals surface area (Å²) in [7, 11) is 6.01. The molecule has 172 valence electrons. The number of anilines is 2. The molecule has 2 atom stereocenters. The van der Waals surface area contributed by atoms with Gasteiger partial charge in [0.05, 0.1) is 5.92 Å². The molecule has 2 fully saturated rings. The molecule has 0 unspecified atom stereocenters. The fourth-order valence-electron chi connectivity index (χ4n) is 4.96. The fourth-order valence-corrected chi connectivity index (χ4v) is 4.96. The van der Waals surface area contributed by atoms with Gasteiger partial charge < -0.3 is 15.1 Å². The van der Waals surface area contributed by atoms with Gasteiger partial charge in [-0.3, -0.25) is 9.69 Å². The summed E-state index contributed by atoms with van der Waals surface area (Å²) < 4.78 is 13.1. The van der Waals surface area contributed by atoms with E-state index in [1.165, 1.54) is 12.1 Å². The molecule has 2 aliphatic heterocycles. The number of rotatable bonds is 6. The molecule has 2 aromatic rings. The summed E-state index contributed by atoms with van der Waals surface area (Å²) >= 11 is 0. The van der Waals surface area contributed by atoms with Crippen LogP contribution < -0.4 is 10.2 Å². The second kappa shape index (κ2) is 9.92. The van der Waals surface area contributed by atoms with Crippen molar-refractivity contribution >= 4 is 17.5 Å². The van der Waals surface area contributed by atoms with Crippen molar-refractivity contribution in [1.82, 2.24) is 19.8 Å². The van der Waals surface area contributed by atoms with Crippen molar-refractivity contribution in [3.8, 4) is 0 Å². The van der Waals surface area contributed by atoms with Gasteiger partial charge in [-0.15, -0.1) is 0 Å². The van der Waals surface area contributed by atoms with Gasteiger partial charge in [0.1, 0.15) is 5.82 Å². The SMILES string of the molecule is CN(C)c1ncc(CN2CCC([C@H]3C[C@H](C(=O)Nc4ccc(F)cc4)CN3C)CC2)cn1. The van der Waals surface area contributed by atoms with Crippen LogP contribution in [0.4, 0.5) is 16.0 Å². The van der Waals surface area contributed by atoms with E-state index in [2.05, 4.69) is 32.1 Å². The zero-order valence-corrected chi connectivity index (χ0v) is 19.2. The molecule has 32 heavy (non-hydrogen) atoms. The normalized spacial score (nSPS) is 22.8. The number of nitrogens with zero attached hydrogens (tertiary/aromatic N) is 5. The van der Waals surface area contributed by atoms with Gasteiger partial charge in [0.15, 0.2) is 0 Å². The lowest BCUT2D eigenvalue weighted by atomic mass is 9.86. The third-order valence-electron chi connectivity index (χ3n) is 6.76. The quantitative estimate of drug-likeness (QED) is 0.745. The minimum atomic E-state index is -0.298. The molecule has 1 N–H and O–H groups in total. The Labute approximate surface area is 189 Å². The summed E-state index contributed by atoms with van der Waals surface area (Å²) in [4.78, 5) is 28.3. The Balaban J connectivity index is 1.26. The third-order valence-corrected chi connectivity index (χ3v) is 6.76. The molecule has 3 heterocycles. The van der Waals surface area contributed by atoms with E-state index in [0.29, 0.717) is 17.6 Å². The monoisotopic (exact) mass is 440 g/mol. The lowest BCUT2D eigenvalue weighted by molar-refractivity contribution is -0.119. The maximum atomic E-state index is 13.1. The molecule has 0 bridgehead atoms. The molecule has 4 rings (SSSR count). The van der Waals surface area contributed by atoms with Crippen LogP contribution in [0.3, 0.4) is 0 Å². The number of carbonyl (C=O) groups excluding carboxylic acids is 1. The van der Waals surface area contributed by atoms with E-state index in [-0.39, 0.29) is 17.6 Å². The zero-order valence-electron chi connectivity index (χ0n) is 19.2.